The Morgan fingerprint density at radius 1 is 1.36 bits per heavy atom. The molecule has 6 nitrogen and oxygen atoms in total. The third kappa shape index (κ3) is 3.56. The van der Waals surface area contributed by atoms with E-state index in [-0.39, 0.29) is 11.6 Å². The second-order valence-electron chi connectivity index (χ2n) is 7.35. The molecule has 1 aromatic rings. The largest absolute Gasteiger partial charge is 0.444 e. The van der Waals surface area contributed by atoms with Crippen LogP contribution in [0.3, 0.4) is 0 Å². The van der Waals surface area contributed by atoms with Gasteiger partial charge in [0.05, 0.1) is 10.0 Å². The van der Waals surface area contributed by atoms with E-state index in [0.717, 1.165) is 22.5 Å². The Morgan fingerprint density at radius 2 is 2.00 bits per heavy atom. The molecule has 0 saturated carbocycles. The number of piperazine rings is 1. The van der Waals surface area contributed by atoms with Gasteiger partial charge < -0.3 is 14.5 Å². The molecule has 1 fully saturated rings. The normalized spacial score (nSPS) is 18.5. The highest BCUT2D eigenvalue weighted by Crippen LogP contribution is 2.33. The van der Waals surface area contributed by atoms with Crippen LogP contribution in [0.25, 0.3) is 0 Å². The van der Waals surface area contributed by atoms with E-state index in [1.807, 2.05) is 27.7 Å². The lowest BCUT2D eigenvalue weighted by molar-refractivity contribution is 0.0179. The first-order valence-corrected chi connectivity index (χ1v) is 8.26. The highest BCUT2D eigenvalue weighted by atomic mass is 79.9. The van der Waals surface area contributed by atoms with Crippen molar-refractivity contribution < 1.29 is 9.53 Å². The zero-order valence-corrected chi connectivity index (χ0v) is 15.7. The Hall–Kier alpha value is -1.24. The highest BCUT2D eigenvalue weighted by molar-refractivity contribution is 9.10. The van der Waals surface area contributed by atoms with E-state index in [4.69, 9.17) is 4.74 Å². The molecule has 1 aliphatic rings. The predicted molar refractivity (Wildman–Crippen MR) is 90.3 cm³/mol. The second kappa shape index (κ2) is 5.76. The average Bonchev–Trinajstić information content (AvgIpc) is 2.67. The Bertz CT molecular complexity index is 562. The molecular formula is C15H25BrN4O2. The highest BCUT2D eigenvalue weighted by Gasteiger charge is 2.39. The maximum absolute atomic E-state index is 12.3. The summed E-state index contributed by atoms with van der Waals surface area (Å²) in [6.07, 6.45) is -0.252. The Balaban J connectivity index is 2.13. The number of aryl methyl sites for hydroxylation is 1. The molecule has 0 atom stereocenters. The fraction of sp³-hybridized carbons (Fsp3) is 0.733. The molecule has 1 aliphatic heterocycles. The van der Waals surface area contributed by atoms with Gasteiger partial charge >= 0.3 is 6.09 Å². The summed E-state index contributed by atoms with van der Waals surface area (Å²) >= 11 is 3.58. The van der Waals surface area contributed by atoms with Gasteiger partial charge in [-0.15, -0.1) is 0 Å². The number of hydrogen-bond donors (Lipinski definition) is 1. The number of H-pyrrole nitrogens is 1. The van der Waals surface area contributed by atoms with Crippen LogP contribution in [-0.4, -0.2) is 52.0 Å². The second-order valence-corrected chi connectivity index (χ2v) is 8.15. The molecule has 124 valence electrons. The van der Waals surface area contributed by atoms with Crippen LogP contribution in [0.2, 0.25) is 0 Å². The van der Waals surface area contributed by atoms with Crippen LogP contribution < -0.4 is 4.90 Å². The Morgan fingerprint density at radius 3 is 2.45 bits per heavy atom. The summed E-state index contributed by atoms with van der Waals surface area (Å²) in [5.41, 5.74) is 0.306. The van der Waals surface area contributed by atoms with Gasteiger partial charge in [-0.25, -0.2) is 4.79 Å². The summed E-state index contributed by atoms with van der Waals surface area (Å²) in [6.45, 7) is 13.8. The third-order valence-corrected chi connectivity index (χ3v) is 4.61. The summed E-state index contributed by atoms with van der Waals surface area (Å²) in [7, 11) is 0. The zero-order valence-electron chi connectivity index (χ0n) is 14.2. The van der Waals surface area contributed by atoms with Crippen LogP contribution in [0, 0.1) is 6.92 Å². The maximum Gasteiger partial charge on any atom is 0.410 e. The molecule has 1 N–H and O–H groups in total. The van der Waals surface area contributed by atoms with E-state index in [2.05, 4.69) is 44.9 Å². The molecule has 22 heavy (non-hydrogen) atoms. The topological polar surface area (TPSA) is 61.5 Å². The molecule has 0 radical (unpaired) electrons. The van der Waals surface area contributed by atoms with Crippen LogP contribution in [0.15, 0.2) is 4.47 Å². The number of ether oxygens (including phenoxy) is 1. The minimum Gasteiger partial charge on any atom is -0.444 e. The van der Waals surface area contributed by atoms with Crippen molar-refractivity contribution in [1.82, 2.24) is 15.1 Å². The average molecular weight is 373 g/mol. The minimum absolute atomic E-state index is 0.223. The van der Waals surface area contributed by atoms with Gasteiger partial charge in [-0.05, 0) is 57.5 Å². The van der Waals surface area contributed by atoms with E-state index in [1.54, 1.807) is 4.90 Å². The first-order valence-electron chi connectivity index (χ1n) is 7.47. The van der Waals surface area contributed by atoms with E-state index in [0.29, 0.717) is 13.1 Å². The number of nitrogens with zero attached hydrogens (tertiary/aromatic N) is 3. The van der Waals surface area contributed by atoms with Gasteiger partial charge in [0, 0.05) is 25.3 Å². The molecule has 0 spiro atoms. The van der Waals surface area contributed by atoms with E-state index in [1.165, 1.54) is 0 Å². The number of carbonyl (C=O) groups excluding carboxylic acids is 1. The van der Waals surface area contributed by atoms with Gasteiger partial charge in [-0.3, -0.25) is 5.10 Å². The van der Waals surface area contributed by atoms with E-state index >= 15 is 0 Å². The fourth-order valence-corrected chi connectivity index (χ4v) is 3.00. The molecule has 0 bridgehead atoms. The molecular weight excluding hydrogens is 348 g/mol. The van der Waals surface area contributed by atoms with E-state index < -0.39 is 5.60 Å². The number of nitrogens with one attached hydrogen (secondary N) is 1. The Labute approximate surface area is 140 Å². The number of carbonyl (C=O) groups is 1. The molecule has 0 unspecified atom stereocenters. The van der Waals surface area contributed by atoms with Crippen LogP contribution >= 0.6 is 15.9 Å². The van der Waals surface area contributed by atoms with E-state index in [9.17, 15) is 4.79 Å². The van der Waals surface area contributed by atoms with Crippen LogP contribution in [0.4, 0.5) is 10.6 Å². The lowest BCUT2D eigenvalue weighted by atomic mass is 9.99. The number of halogens is 1. The first kappa shape index (κ1) is 17.1. The maximum atomic E-state index is 12.3. The summed E-state index contributed by atoms with van der Waals surface area (Å²) < 4.78 is 6.45. The summed E-state index contributed by atoms with van der Waals surface area (Å²) in [6, 6.07) is 0. The molecule has 1 saturated heterocycles. The summed E-state index contributed by atoms with van der Waals surface area (Å²) in [5, 5.41) is 7.38. The van der Waals surface area contributed by atoms with Crippen molar-refractivity contribution in [2.24, 2.45) is 0 Å². The number of aromatic amines is 1. The number of rotatable bonds is 1. The van der Waals surface area contributed by atoms with Crippen LogP contribution in [0.5, 0.6) is 0 Å². The SMILES string of the molecule is Cc1[nH]nc(N2CCN(C(=O)OC(C)(C)C)CC2(C)C)c1Br. The molecule has 7 heteroatoms. The molecule has 0 aliphatic carbocycles. The quantitative estimate of drug-likeness (QED) is 0.821. The van der Waals surface area contributed by atoms with Gasteiger partial charge in [0.1, 0.15) is 5.60 Å². The number of anilines is 1. The van der Waals surface area contributed by atoms with Crippen molar-refractivity contribution in [1.29, 1.82) is 0 Å². The van der Waals surface area contributed by atoms with Gasteiger partial charge in [-0.1, -0.05) is 0 Å². The van der Waals surface area contributed by atoms with Crippen molar-refractivity contribution in [3.63, 3.8) is 0 Å². The van der Waals surface area contributed by atoms with Crippen molar-refractivity contribution >= 4 is 27.8 Å². The first-order chi connectivity index (χ1) is 10.0. The van der Waals surface area contributed by atoms with Crippen molar-refractivity contribution in [3.05, 3.63) is 10.2 Å². The standard InChI is InChI=1S/C15H25BrN4O2/c1-10-11(16)12(18-17-10)20-8-7-19(9-15(20,5)6)13(21)22-14(2,3)4/h7-9H2,1-6H3,(H,17,18). The van der Waals surface area contributed by atoms with Crippen LogP contribution in [-0.2, 0) is 4.74 Å². The smallest absolute Gasteiger partial charge is 0.410 e. The van der Waals surface area contributed by atoms with Gasteiger partial charge in [0.15, 0.2) is 5.82 Å². The molecule has 0 aromatic carbocycles. The Kier molecular flexibility index (Phi) is 4.48. The van der Waals surface area contributed by atoms with Crippen molar-refractivity contribution in [3.8, 4) is 0 Å². The number of aromatic nitrogens is 2. The number of amides is 1. The molecule has 1 amide bonds. The van der Waals surface area contributed by atoms with Gasteiger partial charge in [-0.2, -0.15) is 5.10 Å². The monoisotopic (exact) mass is 372 g/mol. The number of hydrogen-bond acceptors (Lipinski definition) is 4. The summed E-state index contributed by atoms with van der Waals surface area (Å²) in [5.74, 6) is 0.895. The molecule has 1 aromatic heterocycles. The van der Waals surface area contributed by atoms with Crippen molar-refractivity contribution in [2.45, 2.75) is 52.7 Å². The minimum atomic E-state index is -0.472. The molecule has 2 heterocycles. The lowest BCUT2D eigenvalue weighted by Gasteiger charge is -2.47. The zero-order chi connectivity index (χ0) is 16.7. The van der Waals surface area contributed by atoms with Crippen LogP contribution in [0.1, 0.15) is 40.3 Å². The van der Waals surface area contributed by atoms with Gasteiger partial charge in [0.25, 0.3) is 0 Å². The summed E-state index contributed by atoms with van der Waals surface area (Å²) in [4.78, 5) is 16.3. The fourth-order valence-electron chi connectivity index (χ4n) is 2.61. The molecule has 2 rings (SSSR count). The predicted octanol–water partition coefficient (Wildman–Crippen LogP) is 3.32. The van der Waals surface area contributed by atoms with Crippen molar-refractivity contribution in [2.75, 3.05) is 24.5 Å². The third-order valence-electron chi connectivity index (χ3n) is 3.66. The lowest BCUT2D eigenvalue weighted by Crippen LogP contribution is -2.61. The van der Waals surface area contributed by atoms with Gasteiger partial charge in [0.2, 0.25) is 0 Å².